The largest absolute Gasteiger partial charge is 0.377 e. The lowest BCUT2D eigenvalue weighted by atomic mass is 10.2. The maximum atomic E-state index is 5.16. The molecule has 0 aliphatic heterocycles. The summed E-state index contributed by atoms with van der Waals surface area (Å²) in [5.41, 5.74) is 3.43. The summed E-state index contributed by atoms with van der Waals surface area (Å²) < 4.78 is 8.66. The van der Waals surface area contributed by atoms with Crippen LogP contribution in [0.3, 0.4) is 0 Å². The Labute approximate surface area is 141 Å². The van der Waals surface area contributed by atoms with Crippen molar-refractivity contribution in [3.63, 3.8) is 0 Å². The number of hydrogen-bond acceptors (Lipinski definition) is 8. The molecule has 10 heteroatoms. The van der Waals surface area contributed by atoms with Gasteiger partial charge in [-0.1, -0.05) is 11.3 Å². The highest BCUT2D eigenvalue weighted by atomic mass is 32.1. The number of ether oxygens (including phenoxy) is 1. The fraction of sp³-hybridized carbons (Fsp3) is 0.357. The number of anilines is 1. The minimum Gasteiger partial charge on any atom is -0.377 e. The molecular weight excluding hydrogens is 328 g/mol. The summed E-state index contributed by atoms with van der Waals surface area (Å²) in [5.74, 6) is 1.33. The zero-order valence-electron chi connectivity index (χ0n) is 13.5. The van der Waals surface area contributed by atoms with E-state index in [9.17, 15) is 0 Å². The monoisotopic (exact) mass is 344 g/mol. The van der Waals surface area contributed by atoms with Gasteiger partial charge in [-0.3, -0.25) is 4.68 Å². The third kappa shape index (κ3) is 2.49. The van der Waals surface area contributed by atoms with Crippen LogP contribution in [0.5, 0.6) is 0 Å². The van der Waals surface area contributed by atoms with Gasteiger partial charge in [0, 0.05) is 14.2 Å². The summed E-state index contributed by atoms with van der Waals surface area (Å²) in [7, 11) is 3.48. The van der Waals surface area contributed by atoms with E-state index < -0.39 is 0 Å². The van der Waals surface area contributed by atoms with Gasteiger partial charge >= 0.3 is 0 Å². The Kier molecular flexibility index (Phi) is 3.62. The number of hydrogen-bond donors (Lipinski definition) is 1. The van der Waals surface area contributed by atoms with Gasteiger partial charge in [0.25, 0.3) is 0 Å². The Balaban J connectivity index is 1.70. The topological polar surface area (TPSA) is 95.0 Å². The molecule has 124 valence electrons. The van der Waals surface area contributed by atoms with Gasteiger partial charge in [-0.2, -0.15) is 10.2 Å². The van der Waals surface area contributed by atoms with E-state index in [1.807, 2.05) is 20.2 Å². The van der Waals surface area contributed by atoms with Crippen molar-refractivity contribution >= 4 is 33.1 Å². The van der Waals surface area contributed by atoms with Gasteiger partial charge < -0.3 is 10.1 Å². The maximum Gasteiger partial charge on any atom is 0.212 e. The second kappa shape index (κ2) is 5.80. The van der Waals surface area contributed by atoms with Gasteiger partial charge in [-0.25, -0.2) is 19.5 Å². The average Bonchev–Trinajstić information content (AvgIpc) is 3.23. The SMILES string of the molecule is COCc1nc(NC(C)c2cn3ncsc3n2)c2cnn(C)c2n1. The Bertz CT molecular complexity index is 974. The lowest BCUT2D eigenvalue weighted by Crippen LogP contribution is -2.11. The number of aromatic nitrogens is 7. The Hall–Kier alpha value is -2.59. The van der Waals surface area contributed by atoms with E-state index in [4.69, 9.17) is 4.74 Å². The van der Waals surface area contributed by atoms with Crippen molar-refractivity contribution in [2.75, 3.05) is 12.4 Å². The summed E-state index contributed by atoms with van der Waals surface area (Å²) in [6.07, 6.45) is 3.68. The first kappa shape index (κ1) is 15.0. The van der Waals surface area contributed by atoms with Gasteiger partial charge in [0.2, 0.25) is 4.96 Å². The van der Waals surface area contributed by atoms with Crippen LogP contribution in [-0.2, 0) is 18.4 Å². The summed E-state index contributed by atoms with van der Waals surface area (Å²) >= 11 is 1.50. The van der Waals surface area contributed by atoms with E-state index in [2.05, 4.69) is 30.5 Å². The molecule has 4 aromatic heterocycles. The number of methoxy groups -OCH3 is 1. The fourth-order valence-corrected chi connectivity index (χ4v) is 3.12. The molecule has 0 aliphatic carbocycles. The Morgan fingerprint density at radius 3 is 2.96 bits per heavy atom. The molecule has 0 radical (unpaired) electrons. The van der Waals surface area contributed by atoms with E-state index in [1.54, 1.807) is 28.0 Å². The second-order valence-corrected chi connectivity index (χ2v) is 6.24. The predicted molar refractivity (Wildman–Crippen MR) is 89.9 cm³/mol. The molecule has 0 aliphatic rings. The molecule has 0 spiro atoms. The number of imidazole rings is 1. The van der Waals surface area contributed by atoms with Crippen LogP contribution in [0.15, 0.2) is 17.9 Å². The number of aryl methyl sites for hydroxylation is 1. The highest BCUT2D eigenvalue weighted by Gasteiger charge is 2.16. The van der Waals surface area contributed by atoms with Crippen LogP contribution < -0.4 is 5.32 Å². The maximum absolute atomic E-state index is 5.16. The molecule has 4 rings (SSSR count). The molecule has 4 heterocycles. The van der Waals surface area contributed by atoms with E-state index in [0.29, 0.717) is 12.4 Å². The Morgan fingerprint density at radius 1 is 1.29 bits per heavy atom. The smallest absolute Gasteiger partial charge is 0.212 e. The molecule has 24 heavy (non-hydrogen) atoms. The van der Waals surface area contributed by atoms with Crippen molar-refractivity contribution in [3.8, 4) is 0 Å². The molecule has 0 fully saturated rings. The molecule has 0 bridgehead atoms. The number of fused-ring (bicyclic) bond motifs is 2. The van der Waals surface area contributed by atoms with Crippen molar-refractivity contribution in [3.05, 3.63) is 29.4 Å². The van der Waals surface area contributed by atoms with Crippen molar-refractivity contribution in [1.29, 1.82) is 0 Å². The molecule has 1 N–H and O–H groups in total. The van der Waals surface area contributed by atoms with Crippen LogP contribution >= 0.6 is 11.3 Å². The van der Waals surface area contributed by atoms with Crippen molar-refractivity contribution in [2.45, 2.75) is 19.6 Å². The third-order valence-electron chi connectivity index (χ3n) is 3.71. The van der Waals surface area contributed by atoms with Crippen LogP contribution in [-0.4, -0.2) is 41.5 Å². The fourth-order valence-electron chi connectivity index (χ4n) is 2.51. The quantitative estimate of drug-likeness (QED) is 0.589. The van der Waals surface area contributed by atoms with Gasteiger partial charge in [-0.05, 0) is 6.92 Å². The van der Waals surface area contributed by atoms with Crippen LogP contribution in [0.25, 0.3) is 16.0 Å². The number of rotatable bonds is 5. The molecule has 0 aromatic carbocycles. The lowest BCUT2D eigenvalue weighted by Gasteiger charge is -2.13. The van der Waals surface area contributed by atoms with Gasteiger partial charge in [0.05, 0.1) is 29.5 Å². The van der Waals surface area contributed by atoms with Crippen LogP contribution in [0.2, 0.25) is 0 Å². The highest BCUT2D eigenvalue weighted by Crippen LogP contribution is 2.25. The minimum atomic E-state index is -0.0346. The van der Waals surface area contributed by atoms with Crippen molar-refractivity contribution in [2.24, 2.45) is 7.05 Å². The standard InChI is InChI=1S/C14H16N8OS/c1-8(10-5-22-14(18-10)24-7-16-22)17-12-9-4-15-21(2)13(9)20-11(19-12)6-23-3/h4-5,7-8H,6H2,1-3H3,(H,17,19,20). The van der Waals surface area contributed by atoms with Crippen molar-refractivity contribution < 1.29 is 4.74 Å². The third-order valence-corrected chi connectivity index (χ3v) is 4.40. The minimum absolute atomic E-state index is 0.0346. The zero-order chi connectivity index (χ0) is 16.7. The first-order valence-electron chi connectivity index (χ1n) is 7.38. The molecule has 9 nitrogen and oxygen atoms in total. The van der Waals surface area contributed by atoms with Gasteiger partial charge in [-0.15, -0.1) is 0 Å². The molecular formula is C14H16N8OS. The zero-order valence-corrected chi connectivity index (χ0v) is 14.3. The van der Waals surface area contributed by atoms with E-state index in [0.717, 1.165) is 27.5 Å². The number of nitrogens with zero attached hydrogens (tertiary/aromatic N) is 7. The van der Waals surface area contributed by atoms with E-state index >= 15 is 0 Å². The number of nitrogens with one attached hydrogen (secondary N) is 1. The lowest BCUT2D eigenvalue weighted by molar-refractivity contribution is 0.178. The van der Waals surface area contributed by atoms with E-state index in [-0.39, 0.29) is 6.04 Å². The normalized spacial score (nSPS) is 13.0. The molecule has 1 unspecified atom stereocenters. The second-order valence-electron chi connectivity index (χ2n) is 5.42. The summed E-state index contributed by atoms with van der Waals surface area (Å²) in [4.78, 5) is 14.5. The van der Waals surface area contributed by atoms with E-state index in [1.165, 1.54) is 11.3 Å². The average molecular weight is 344 g/mol. The predicted octanol–water partition coefficient (Wildman–Crippen LogP) is 1.79. The summed E-state index contributed by atoms with van der Waals surface area (Å²) in [6, 6.07) is -0.0346. The van der Waals surface area contributed by atoms with Gasteiger partial charge in [0.15, 0.2) is 11.5 Å². The first-order chi connectivity index (χ1) is 11.7. The van der Waals surface area contributed by atoms with Crippen LogP contribution in [0.1, 0.15) is 24.5 Å². The molecule has 1 atom stereocenters. The van der Waals surface area contributed by atoms with Gasteiger partial charge in [0.1, 0.15) is 17.9 Å². The molecule has 4 aromatic rings. The first-order valence-corrected chi connectivity index (χ1v) is 8.26. The van der Waals surface area contributed by atoms with Crippen LogP contribution in [0.4, 0.5) is 5.82 Å². The summed E-state index contributed by atoms with van der Waals surface area (Å²) in [5, 5.41) is 12.7. The summed E-state index contributed by atoms with van der Waals surface area (Å²) in [6.45, 7) is 2.38. The van der Waals surface area contributed by atoms with Crippen molar-refractivity contribution in [1.82, 2.24) is 34.3 Å². The highest BCUT2D eigenvalue weighted by molar-refractivity contribution is 7.14. The molecule has 0 saturated heterocycles. The Morgan fingerprint density at radius 2 is 2.17 bits per heavy atom. The molecule has 0 amide bonds. The van der Waals surface area contributed by atoms with Crippen LogP contribution in [0, 0.1) is 0 Å². The molecule has 0 saturated carbocycles.